The molecule has 0 aliphatic carbocycles. The van der Waals surface area contributed by atoms with Gasteiger partial charge < -0.3 is 19.2 Å². The number of hydrogen-bond donors (Lipinski definition) is 0. The largest absolute Gasteiger partial charge is 0.530 e. The SMILES string of the molecule is CCN(C(=O)[O-])c1ccc2oc(=O)c3ccccc3c2c1. The van der Waals surface area contributed by atoms with Gasteiger partial charge >= 0.3 is 5.63 Å². The summed E-state index contributed by atoms with van der Waals surface area (Å²) in [6, 6.07) is 12.0. The summed E-state index contributed by atoms with van der Waals surface area (Å²) < 4.78 is 5.27. The zero-order chi connectivity index (χ0) is 15.0. The highest BCUT2D eigenvalue weighted by Gasteiger charge is 2.10. The molecular formula is C16H12NO4-. The second-order valence-electron chi connectivity index (χ2n) is 4.63. The molecule has 3 rings (SSSR count). The Morgan fingerprint density at radius 1 is 1.14 bits per heavy atom. The van der Waals surface area contributed by atoms with Crippen molar-refractivity contribution in [3.05, 3.63) is 52.9 Å². The van der Waals surface area contributed by atoms with E-state index in [0.29, 0.717) is 22.0 Å². The van der Waals surface area contributed by atoms with Crippen LogP contribution in [0.1, 0.15) is 6.92 Å². The Labute approximate surface area is 120 Å². The van der Waals surface area contributed by atoms with E-state index in [0.717, 1.165) is 10.3 Å². The van der Waals surface area contributed by atoms with E-state index >= 15 is 0 Å². The number of hydrogen-bond acceptors (Lipinski definition) is 4. The molecule has 1 amide bonds. The Hall–Kier alpha value is -2.82. The molecule has 5 nitrogen and oxygen atoms in total. The number of anilines is 1. The zero-order valence-corrected chi connectivity index (χ0v) is 11.3. The second kappa shape index (κ2) is 4.94. The van der Waals surface area contributed by atoms with Crippen LogP contribution in [0.3, 0.4) is 0 Å². The van der Waals surface area contributed by atoms with Crippen LogP contribution < -0.4 is 15.6 Å². The number of carbonyl (C=O) groups is 1. The summed E-state index contributed by atoms with van der Waals surface area (Å²) in [4.78, 5) is 24.1. The van der Waals surface area contributed by atoms with Crippen LogP contribution in [-0.4, -0.2) is 12.6 Å². The summed E-state index contributed by atoms with van der Waals surface area (Å²) in [7, 11) is 0. The Kier molecular flexibility index (Phi) is 3.10. The molecule has 0 saturated heterocycles. The first kappa shape index (κ1) is 13.2. The Morgan fingerprint density at radius 3 is 2.52 bits per heavy atom. The lowest BCUT2D eigenvalue weighted by atomic mass is 10.1. The minimum absolute atomic E-state index is 0.280. The fourth-order valence-electron chi connectivity index (χ4n) is 2.45. The molecule has 0 aliphatic rings. The van der Waals surface area contributed by atoms with Crippen LogP contribution in [0.25, 0.3) is 21.7 Å². The van der Waals surface area contributed by atoms with Gasteiger partial charge in [0.25, 0.3) is 0 Å². The maximum atomic E-state index is 11.9. The molecule has 0 radical (unpaired) electrons. The molecule has 0 N–H and O–H groups in total. The van der Waals surface area contributed by atoms with E-state index in [4.69, 9.17) is 4.42 Å². The van der Waals surface area contributed by atoms with Gasteiger partial charge in [0.05, 0.1) is 5.39 Å². The van der Waals surface area contributed by atoms with Gasteiger partial charge in [0.15, 0.2) is 0 Å². The molecule has 3 aromatic rings. The molecular weight excluding hydrogens is 270 g/mol. The average molecular weight is 282 g/mol. The number of amides is 1. The van der Waals surface area contributed by atoms with E-state index in [-0.39, 0.29) is 6.54 Å². The minimum atomic E-state index is -1.27. The molecule has 0 unspecified atom stereocenters. The lowest BCUT2D eigenvalue weighted by Gasteiger charge is -2.23. The first-order valence-corrected chi connectivity index (χ1v) is 6.56. The highest BCUT2D eigenvalue weighted by Crippen LogP contribution is 2.27. The van der Waals surface area contributed by atoms with E-state index in [1.54, 1.807) is 37.3 Å². The van der Waals surface area contributed by atoms with E-state index in [2.05, 4.69) is 0 Å². The van der Waals surface area contributed by atoms with Crippen molar-refractivity contribution in [2.24, 2.45) is 0 Å². The van der Waals surface area contributed by atoms with Crippen LogP contribution in [0.4, 0.5) is 10.5 Å². The van der Waals surface area contributed by atoms with Crippen molar-refractivity contribution < 1.29 is 14.3 Å². The zero-order valence-electron chi connectivity index (χ0n) is 11.3. The van der Waals surface area contributed by atoms with Gasteiger partial charge in [-0.2, -0.15) is 0 Å². The molecule has 1 heterocycles. The summed E-state index contributed by atoms with van der Waals surface area (Å²) in [6.07, 6.45) is -1.27. The van der Waals surface area contributed by atoms with Gasteiger partial charge in [-0.15, -0.1) is 0 Å². The molecule has 5 heteroatoms. The summed E-state index contributed by atoms with van der Waals surface area (Å²) >= 11 is 0. The van der Waals surface area contributed by atoms with Crippen molar-refractivity contribution >= 4 is 33.5 Å². The van der Waals surface area contributed by atoms with Crippen molar-refractivity contribution in [1.29, 1.82) is 0 Å². The van der Waals surface area contributed by atoms with Gasteiger partial charge in [-0.3, -0.25) is 0 Å². The van der Waals surface area contributed by atoms with E-state index in [9.17, 15) is 14.7 Å². The molecule has 0 atom stereocenters. The summed E-state index contributed by atoms with van der Waals surface area (Å²) in [5.74, 6) is 0. The summed E-state index contributed by atoms with van der Waals surface area (Å²) in [6.45, 7) is 2.01. The van der Waals surface area contributed by atoms with Crippen molar-refractivity contribution in [3.63, 3.8) is 0 Å². The topological polar surface area (TPSA) is 73.6 Å². The summed E-state index contributed by atoms with van der Waals surface area (Å²) in [5.41, 5.74) is 0.513. The standard InChI is InChI=1S/C16H13NO4/c1-2-17(16(19)20)10-7-8-14-13(9-10)11-5-3-4-6-12(11)15(18)21-14/h3-9H,2H2,1H3,(H,19,20)/p-1. The molecule has 0 aliphatic heterocycles. The third kappa shape index (κ3) is 2.12. The number of fused-ring (bicyclic) bond motifs is 3. The Balaban J connectivity index is 2.35. The van der Waals surface area contributed by atoms with Gasteiger partial charge in [0.1, 0.15) is 11.7 Å². The Morgan fingerprint density at radius 2 is 1.86 bits per heavy atom. The highest BCUT2D eigenvalue weighted by atomic mass is 16.4. The molecule has 0 fully saturated rings. The molecule has 21 heavy (non-hydrogen) atoms. The van der Waals surface area contributed by atoms with Crippen LogP contribution in [0, 0.1) is 0 Å². The van der Waals surface area contributed by atoms with Crippen LogP contribution >= 0.6 is 0 Å². The normalized spacial score (nSPS) is 10.9. The van der Waals surface area contributed by atoms with Crippen LogP contribution in [0.2, 0.25) is 0 Å². The molecule has 2 aromatic carbocycles. The van der Waals surface area contributed by atoms with Gasteiger partial charge in [0.2, 0.25) is 0 Å². The first-order valence-electron chi connectivity index (χ1n) is 6.56. The summed E-state index contributed by atoms with van der Waals surface area (Å²) in [5, 5.41) is 13.0. The number of carbonyl (C=O) groups excluding carboxylic acids is 1. The lowest BCUT2D eigenvalue weighted by molar-refractivity contribution is -0.246. The highest BCUT2D eigenvalue weighted by molar-refractivity contribution is 6.06. The monoisotopic (exact) mass is 282 g/mol. The van der Waals surface area contributed by atoms with E-state index < -0.39 is 11.7 Å². The maximum absolute atomic E-state index is 11.9. The maximum Gasteiger partial charge on any atom is 0.344 e. The lowest BCUT2D eigenvalue weighted by Crippen LogP contribution is -2.41. The second-order valence-corrected chi connectivity index (χ2v) is 4.63. The number of nitrogens with zero attached hydrogens (tertiary/aromatic N) is 1. The van der Waals surface area contributed by atoms with Crippen LogP contribution in [-0.2, 0) is 0 Å². The molecule has 1 aromatic heterocycles. The van der Waals surface area contributed by atoms with Gasteiger partial charge in [0, 0.05) is 17.6 Å². The van der Waals surface area contributed by atoms with E-state index in [1.807, 2.05) is 12.1 Å². The van der Waals surface area contributed by atoms with Crippen LogP contribution in [0.15, 0.2) is 51.7 Å². The predicted octanol–water partition coefficient (Wildman–Crippen LogP) is 2.12. The quantitative estimate of drug-likeness (QED) is 0.533. The van der Waals surface area contributed by atoms with Crippen molar-refractivity contribution in [1.82, 2.24) is 0 Å². The molecule has 0 saturated carbocycles. The number of carboxylic acid groups (broad SMARTS) is 1. The van der Waals surface area contributed by atoms with Crippen molar-refractivity contribution in [2.45, 2.75) is 6.92 Å². The van der Waals surface area contributed by atoms with E-state index in [1.165, 1.54) is 0 Å². The predicted molar refractivity (Wildman–Crippen MR) is 78.4 cm³/mol. The fourth-order valence-corrected chi connectivity index (χ4v) is 2.45. The fraction of sp³-hybridized carbons (Fsp3) is 0.125. The third-order valence-electron chi connectivity index (χ3n) is 3.45. The third-order valence-corrected chi connectivity index (χ3v) is 3.45. The molecule has 0 bridgehead atoms. The average Bonchev–Trinajstić information content (AvgIpc) is 2.48. The first-order chi connectivity index (χ1) is 10.1. The smallest absolute Gasteiger partial charge is 0.344 e. The minimum Gasteiger partial charge on any atom is -0.530 e. The van der Waals surface area contributed by atoms with Gasteiger partial charge in [-0.1, -0.05) is 18.2 Å². The molecule has 106 valence electrons. The number of benzene rings is 2. The van der Waals surface area contributed by atoms with Crippen molar-refractivity contribution in [3.8, 4) is 0 Å². The Bertz CT molecular complexity index is 898. The van der Waals surface area contributed by atoms with Gasteiger partial charge in [-0.05, 0) is 36.6 Å². The van der Waals surface area contributed by atoms with Crippen molar-refractivity contribution in [2.75, 3.05) is 11.4 Å². The van der Waals surface area contributed by atoms with Crippen LogP contribution in [0.5, 0.6) is 0 Å². The molecule has 0 spiro atoms. The number of rotatable bonds is 2. The van der Waals surface area contributed by atoms with Gasteiger partial charge in [-0.25, -0.2) is 4.79 Å².